The Hall–Kier alpha value is -1.69. The van der Waals surface area contributed by atoms with Crippen LogP contribution in [0.15, 0.2) is 16.8 Å². The van der Waals surface area contributed by atoms with Crippen LogP contribution < -0.4 is 5.32 Å². The van der Waals surface area contributed by atoms with Crippen molar-refractivity contribution >= 4 is 29.2 Å². The summed E-state index contributed by atoms with van der Waals surface area (Å²) in [5, 5.41) is 5.93. The van der Waals surface area contributed by atoms with Gasteiger partial charge in [0.1, 0.15) is 5.41 Å². The third kappa shape index (κ3) is 1.95. The van der Waals surface area contributed by atoms with E-state index in [4.69, 9.17) is 0 Å². The molecule has 0 radical (unpaired) electrons. The molecular weight excluding hydrogens is 240 g/mol. The lowest BCUT2D eigenvalue weighted by molar-refractivity contribution is -0.149. The molecule has 0 unspecified atom stereocenters. The zero-order valence-electron chi connectivity index (χ0n) is 9.52. The first-order chi connectivity index (χ1) is 7.93. The van der Waals surface area contributed by atoms with Gasteiger partial charge in [0.2, 0.25) is 11.8 Å². The quantitative estimate of drug-likeness (QED) is 0.808. The molecule has 0 atom stereocenters. The van der Waals surface area contributed by atoms with Crippen LogP contribution >= 0.6 is 11.3 Å². The number of thiophene rings is 1. The number of hydrogen-bond acceptors (Lipinski definition) is 4. The number of hydrogen-bond donors (Lipinski definition) is 1. The van der Waals surface area contributed by atoms with Crippen molar-refractivity contribution in [2.75, 3.05) is 0 Å². The minimum atomic E-state index is -1.19. The lowest BCUT2D eigenvalue weighted by Crippen LogP contribution is -2.61. The average molecular weight is 252 g/mol. The van der Waals surface area contributed by atoms with Crippen LogP contribution in [0.5, 0.6) is 0 Å². The number of barbiturate groups is 1. The summed E-state index contributed by atoms with van der Waals surface area (Å²) in [5.74, 6) is -1.01. The minimum Gasteiger partial charge on any atom is -0.277 e. The summed E-state index contributed by atoms with van der Waals surface area (Å²) >= 11 is 1.49. The molecule has 4 amide bonds. The van der Waals surface area contributed by atoms with Crippen LogP contribution in [0, 0.1) is 5.41 Å². The van der Waals surface area contributed by atoms with Crippen molar-refractivity contribution < 1.29 is 14.4 Å². The highest BCUT2D eigenvalue weighted by Gasteiger charge is 2.46. The van der Waals surface area contributed by atoms with Gasteiger partial charge in [0.25, 0.3) is 0 Å². The maximum Gasteiger partial charge on any atom is 0.331 e. The molecule has 0 saturated carbocycles. The molecule has 1 N–H and O–H groups in total. The molecule has 90 valence electrons. The van der Waals surface area contributed by atoms with Crippen LogP contribution in [0.2, 0.25) is 0 Å². The highest BCUT2D eigenvalue weighted by atomic mass is 32.1. The Kier molecular flexibility index (Phi) is 2.74. The monoisotopic (exact) mass is 252 g/mol. The molecule has 6 heteroatoms. The van der Waals surface area contributed by atoms with E-state index in [0.29, 0.717) is 0 Å². The second-order valence-corrected chi connectivity index (χ2v) is 5.19. The highest BCUT2D eigenvalue weighted by molar-refractivity contribution is 7.07. The van der Waals surface area contributed by atoms with Crippen molar-refractivity contribution in [1.29, 1.82) is 0 Å². The normalized spacial score (nSPS) is 19.4. The van der Waals surface area contributed by atoms with Crippen molar-refractivity contribution in [3.63, 3.8) is 0 Å². The van der Waals surface area contributed by atoms with Crippen molar-refractivity contribution in [1.82, 2.24) is 10.2 Å². The van der Waals surface area contributed by atoms with Crippen LogP contribution in [0.25, 0.3) is 0 Å². The predicted octanol–water partition coefficient (Wildman–Crippen LogP) is 1.35. The Morgan fingerprint density at radius 1 is 1.35 bits per heavy atom. The van der Waals surface area contributed by atoms with Gasteiger partial charge in [-0.3, -0.25) is 19.8 Å². The summed E-state index contributed by atoms with van der Waals surface area (Å²) in [6.45, 7) is 3.22. The van der Waals surface area contributed by atoms with Crippen molar-refractivity contribution in [2.24, 2.45) is 5.41 Å². The zero-order valence-corrected chi connectivity index (χ0v) is 10.3. The summed E-state index contributed by atoms with van der Waals surface area (Å²) in [6.07, 6.45) is 0. The molecule has 0 aliphatic carbocycles. The maximum absolute atomic E-state index is 12.0. The van der Waals surface area contributed by atoms with Crippen LogP contribution in [-0.4, -0.2) is 22.7 Å². The molecule has 0 aromatic carbocycles. The number of imide groups is 2. The molecular formula is C11H12N2O3S. The van der Waals surface area contributed by atoms with Gasteiger partial charge in [-0.15, -0.1) is 0 Å². The summed E-state index contributed by atoms with van der Waals surface area (Å²) in [6, 6.07) is 1.19. The third-order valence-electron chi connectivity index (χ3n) is 2.73. The van der Waals surface area contributed by atoms with Gasteiger partial charge < -0.3 is 0 Å². The van der Waals surface area contributed by atoms with Crippen molar-refractivity contribution in [3.05, 3.63) is 22.4 Å². The summed E-state index contributed by atoms with van der Waals surface area (Å²) < 4.78 is 0. The first kappa shape index (κ1) is 11.8. The topological polar surface area (TPSA) is 66.5 Å². The maximum atomic E-state index is 12.0. The number of carbonyl (C=O) groups is 3. The molecule has 1 saturated heterocycles. The lowest BCUT2D eigenvalue weighted by Gasteiger charge is -2.34. The molecule has 1 aromatic rings. The Balaban J connectivity index is 2.25. The van der Waals surface area contributed by atoms with E-state index in [-0.39, 0.29) is 6.54 Å². The molecule has 2 heterocycles. The smallest absolute Gasteiger partial charge is 0.277 e. The van der Waals surface area contributed by atoms with E-state index >= 15 is 0 Å². The third-order valence-corrected chi connectivity index (χ3v) is 3.47. The average Bonchev–Trinajstić information content (AvgIpc) is 2.75. The highest BCUT2D eigenvalue weighted by Crippen LogP contribution is 2.25. The zero-order chi connectivity index (χ0) is 12.6. The molecule has 1 fully saturated rings. The Bertz CT molecular complexity index is 479. The second kappa shape index (κ2) is 3.96. The van der Waals surface area contributed by atoms with Crippen LogP contribution in [0.1, 0.15) is 19.4 Å². The van der Waals surface area contributed by atoms with Crippen LogP contribution in [-0.2, 0) is 16.1 Å². The fraction of sp³-hybridized carbons (Fsp3) is 0.364. The van der Waals surface area contributed by atoms with Gasteiger partial charge in [-0.1, -0.05) is 0 Å². The van der Waals surface area contributed by atoms with E-state index in [9.17, 15) is 14.4 Å². The number of nitrogens with one attached hydrogen (secondary N) is 1. The van der Waals surface area contributed by atoms with E-state index in [1.54, 1.807) is 0 Å². The van der Waals surface area contributed by atoms with Gasteiger partial charge in [0.05, 0.1) is 6.54 Å². The van der Waals surface area contributed by atoms with Gasteiger partial charge in [-0.2, -0.15) is 11.3 Å². The fourth-order valence-corrected chi connectivity index (χ4v) is 2.22. The molecule has 1 aromatic heterocycles. The van der Waals surface area contributed by atoms with Crippen molar-refractivity contribution in [2.45, 2.75) is 20.4 Å². The van der Waals surface area contributed by atoms with Gasteiger partial charge in [-0.05, 0) is 36.2 Å². The molecule has 1 aliphatic rings. The Labute approximate surface area is 102 Å². The van der Waals surface area contributed by atoms with Crippen LogP contribution in [0.4, 0.5) is 4.79 Å². The summed E-state index contributed by atoms with van der Waals surface area (Å²) in [5.41, 5.74) is -0.312. The number of nitrogens with zero attached hydrogens (tertiary/aromatic N) is 1. The standard InChI is InChI=1S/C11H12N2O3S/c1-11(2)8(14)12-10(16)13(9(11)15)5-7-3-4-17-6-7/h3-4,6H,5H2,1-2H3,(H,12,14,16). The van der Waals surface area contributed by atoms with E-state index in [2.05, 4.69) is 5.32 Å². The Morgan fingerprint density at radius 2 is 2.06 bits per heavy atom. The number of carbonyl (C=O) groups excluding carboxylic acids is 3. The molecule has 2 rings (SSSR count). The molecule has 0 spiro atoms. The van der Waals surface area contributed by atoms with Crippen LogP contribution in [0.3, 0.4) is 0 Å². The second-order valence-electron chi connectivity index (χ2n) is 4.41. The first-order valence-corrected chi connectivity index (χ1v) is 6.05. The minimum absolute atomic E-state index is 0.199. The Morgan fingerprint density at radius 3 is 2.65 bits per heavy atom. The van der Waals surface area contributed by atoms with E-state index < -0.39 is 23.3 Å². The number of urea groups is 1. The molecule has 1 aliphatic heterocycles. The molecule has 0 bridgehead atoms. The largest absolute Gasteiger partial charge is 0.331 e. The first-order valence-electron chi connectivity index (χ1n) is 5.11. The van der Waals surface area contributed by atoms with Gasteiger partial charge in [0.15, 0.2) is 0 Å². The molecule has 17 heavy (non-hydrogen) atoms. The predicted molar refractivity (Wildman–Crippen MR) is 62.2 cm³/mol. The van der Waals surface area contributed by atoms with Crippen molar-refractivity contribution in [3.8, 4) is 0 Å². The van der Waals surface area contributed by atoms with E-state index in [1.807, 2.05) is 16.8 Å². The van der Waals surface area contributed by atoms with Gasteiger partial charge in [-0.25, -0.2) is 4.79 Å². The number of rotatable bonds is 2. The fourth-order valence-electron chi connectivity index (χ4n) is 1.56. The molecule has 5 nitrogen and oxygen atoms in total. The lowest BCUT2D eigenvalue weighted by atomic mass is 9.88. The van der Waals surface area contributed by atoms with Gasteiger partial charge >= 0.3 is 6.03 Å². The summed E-state index contributed by atoms with van der Waals surface area (Å²) in [7, 11) is 0. The summed E-state index contributed by atoms with van der Waals surface area (Å²) in [4.78, 5) is 36.2. The SMILES string of the molecule is CC1(C)C(=O)NC(=O)N(Cc2ccsc2)C1=O. The van der Waals surface area contributed by atoms with E-state index in [1.165, 1.54) is 25.2 Å². The van der Waals surface area contributed by atoms with Gasteiger partial charge in [0, 0.05) is 0 Å². The van der Waals surface area contributed by atoms with E-state index in [0.717, 1.165) is 10.5 Å². The number of amides is 4.